The van der Waals surface area contributed by atoms with E-state index in [9.17, 15) is 4.79 Å². The molecule has 2 heterocycles. The van der Waals surface area contributed by atoms with Gasteiger partial charge in [-0.05, 0) is 18.4 Å². The van der Waals surface area contributed by atoms with E-state index in [4.69, 9.17) is 9.26 Å². The molecule has 1 aliphatic heterocycles. The number of carbonyl (C=O) groups is 1. The minimum absolute atomic E-state index is 0.0921. The Morgan fingerprint density at radius 2 is 2.23 bits per heavy atom. The van der Waals surface area contributed by atoms with Gasteiger partial charge in [-0.1, -0.05) is 35.5 Å². The van der Waals surface area contributed by atoms with Crippen LogP contribution < -0.4 is 0 Å². The number of methoxy groups -OCH3 is 1. The molecule has 1 amide bonds. The molecule has 0 aliphatic carbocycles. The summed E-state index contributed by atoms with van der Waals surface area (Å²) in [5, 5.41) is 4.00. The summed E-state index contributed by atoms with van der Waals surface area (Å²) in [4.78, 5) is 18.7. The van der Waals surface area contributed by atoms with Gasteiger partial charge < -0.3 is 14.2 Å². The zero-order valence-corrected chi connectivity index (χ0v) is 12.6. The van der Waals surface area contributed by atoms with E-state index in [2.05, 4.69) is 10.1 Å². The summed E-state index contributed by atoms with van der Waals surface area (Å²) in [5.74, 6) is 1.12. The SMILES string of the molecule is COCc1nc(C2CCCN2C(=O)Cc2ccccc2)no1. The fourth-order valence-electron chi connectivity index (χ4n) is 2.79. The van der Waals surface area contributed by atoms with Crippen molar-refractivity contribution >= 4 is 5.91 Å². The van der Waals surface area contributed by atoms with Crippen LogP contribution in [-0.4, -0.2) is 34.6 Å². The van der Waals surface area contributed by atoms with Crippen LogP contribution in [-0.2, 0) is 22.6 Å². The van der Waals surface area contributed by atoms with Crippen LogP contribution in [0.1, 0.15) is 36.2 Å². The van der Waals surface area contributed by atoms with E-state index in [0.29, 0.717) is 18.1 Å². The molecule has 0 saturated carbocycles. The van der Waals surface area contributed by atoms with Crippen LogP contribution in [0.25, 0.3) is 0 Å². The molecule has 3 rings (SSSR count). The first-order valence-corrected chi connectivity index (χ1v) is 7.42. The van der Waals surface area contributed by atoms with Crippen molar-refractivity contribution in [2.24, 2.45) is 0 Å². The van der Waals surface area contributed by atoms with E-state index in [1.54, 1.807) is 7.11 Å². The lowest BCUT2D eigenvalue weighted by Gasteiger charge is -2.22. The highest BCUT2D eigenvalue weighted by atomic mass is 16.5. The van der Waals surface area contributed by atoms with Crippen molar-refractivity contribution in [3.05, 3.63) is 47.6 Å². The summed E-state index contributed by atoms with van der Waals surface area (Å²) in [7, 11) is 1.58. The van der Waals surface area contributed by atoms with Crippen LogP contribution in [0.2, 0.25) is 0 Å². The van der Waals surface area contributed by atoms with Crippen molar-refractivity contribution in [3.8, 4) is 0 Å². The molecule has 1 saturated heterocycles. The molecule has 1 fully saturated rings. The summed E-state index contributed by atoms with van der Waals surface area (Å²) in [6.07, 6.45) is 2.23. The molecular weight excluding hydrogens is 282 g/mol. The van der Waals surface area contributed by atoms with Gasteiger partial charge in [0.15, 0.2) is 5.82 Å². The summed E-state index contributed by atoms with van der Waals surface area (Å²) < 4.78 is 10.1. The van der Waals surface area contributed by atoms with Crippen LogP contribution in [0.4, 0.5) is 0 Å². The topological polar surface area (TPSA) is 68.5 Å². The highest BCUT2D eigenvalue weighted by Crippen LogP contribution is 2.30. The molecule has 22 heavy (non-hydrogen) atoms. The molecule has 1 atom stereocenters. The van der Waals surface area contributed by atoms with Gasteiger partial charge in [0.25, 0.3) is 5.89 Å². The second kappa shape index (κ2) is 6.70. The van der Waals surface area contributed by atoms with E-state index in [1.807, 2.05) is 35.2 Å². The van der Waals surface area contributed by atoms with Gasteiger partial charge in [0, 0.05) is 13.7 Å². The molecule has 2 aromatic rings. The number of benzene rings is 1. The normalized spacial score (nSPS) is 17.9. The van der Waals surface area contributed by atoms with Crippen molar-refractivity contribution in [1.82, 2.24) is 15.0 Å². The quantitative estimate of drug-likeness (QED) is 0.846. The minimum atomic E-state index is -0.0921. The largest absolute Gasteiger partial charge is 0.375 e. The van der Waals surface area contributed by atoms with Crippen LogP contribution in [0, 0.1) is 0 Å². The number of likely N-dealkylation sites (tertiary alicyclic amines) is 1. The van der Waals surface area contributed by atoms with Crippen molar-refractivity contribution in [2.75, 3.05) is 13.7 Å². The van der Waals surface area contributed by atoms with Gasteiger partial charge in [0.1, 0.15) is 6.61 Å². The second-order valence-corrected chi connectivity index (χ2v) is 5.39. The molecule has 1 aromatic heterocycles. The van der Waals surface area contributed by atoms with E-state index in [0.717, 1.165) is 24.9 Å². The number of nitrogens with zero attached hydrogens (tertiary/aromatic N) is 3. The zero-order valence-electron chi connectivity index (χ0n) is 12.6. The van der Waals surface area contributed by atoms with Gasteiger partial charge in [-0.3, -0.25) is 4.79 Å². The van der Waals surface area contributed by atoms with Crippen LogP contribution in [0.15, 0.2) is 34.9 Å². The van der Waals surface area contributed by atoms with Crippen molar-refractivity contribution in [1.29, 1.82) is 0 Å². The van der Waals surface area contributed by atoms with Crippen molar-refractivity contribution < 1.29 is 14.1 Å². The lowest BCUT2D eigenvalue weighted by Crippen LogP contribution is -2.32. The summed E-state index contributed by atoms with van der Waals surface area (Å²) in [5.41, 5.74) is 1.02. The Morgan fingerprint density at radius 3 is 3.00 bits per heavy atom. The van der Waals surface area contributed by atoms with E-state index in [1.165, 1.54) is 0 Å². The number of ether oxygens (including phenoxy) is 1. The number of rotatable bonds is 5. The summed E-state index contributed by atoms with van der Waals surface area (Å²) in [6.45, 7) is 1.03. The van der Waals surface area contributed by atoms with E-state index < -0.39 is 0 Å². The van der Waals surface area contributed by atoms with Crippen LogP contribution in [0.3, 0.4) is 0 Å². The smallest absolute Gasteiger partial charge is 0.252 e. The van der Waals surface area contributed by atoms with Gasteiger partial charge in [-0.15, -0.1) is 0 Å². The van der Waals surface area contributed by atoms with Gasteiger partial charge in [0.2, 0.25) is 5.91 Å². The number of hydrogen-bond donors (Lipinski definition) is 0. The maximum absolute atomic E-state index is 12.5. The standard InChI is InChI=1S/C16H19N3O3/c1-21-11-14-17-16(18-22-14)13-8-5-9-19(13)15(20)10-12-6-3-2-4-7-12/h2-4,6-7,13H,5,8-11H2,1H3. The monoisotopic (exact) mass is 301 g/mol. The van der Waals surface area contributed by atoms with Crippen molar-refractivity contribution in [2.45, 2.75) is 31.9 Å². The molecular formula is C16H19N3O3. The zero-order chi connectivity index (χ0) is 15.4. The average Bonchev–Trinajstić information content (AvgIpc) is 3.17. The van der Waals surface area contributed by atoms with Crippen molar-refractivity contribution in [3.63, 3.8) is 0 Å². The highest BCUT2D eigenvalue weighted by Gasteiger charge is 2.33. The Balaban J connectivity index is 1.70. The fraction of sp³-hybridized carbons (Fsp3) is 0.438. The maximum Gasteiger partial charge on any atom is 0.252 e. The lowest BCUT2D eigenvalue weighted by molar-refractivity contribution is -0.131. The number of amides is 1. The molecule has 6 heteroatoms. The Kier molecular flexibility index (Phi) is 4.48. The Hall–Kier alpha value is -2.21. The molecule has 0 bridgehead atoms. The summed E-state index contributed by atoms with van der Waals surface area (Å²) >= 11 is 0. The third-order valence-electron chi connectivity index (χ3n) is 3.82. The third-order valence-corrected chi connectivity index (χ3v) is 3.82. The Labute approximate surface area is 129 Å². The molecule has 0 N–H and O–H groups in total. The fourth-order valence-corrected chi connectivity index (χ4v) is 2.79. The first-order chi connectivity index (χ1) is 10.8. The number of hydrogen-bond acceptors (Lipinski definition) is 5. The van der Waals surface area contributed by atoms with E-state index in [-0.39, 0.29) is 18.6 Å². The molecule has 1 unspecified atom stereocenters. The first kappa shape index (κ1) is 14.7. The molecule has 1 aromatic carbocycles. The maximum atomic E-state index is 12.5. The molecule has 1 aliphatic rings. The predicted molar refractivity (Wildman–Crippen MR) is 78.8 cm³/mol. The number of aromatic nitrogens is 2. The lowest BCUT2D eigenvalue weighted by atomic mass is 10.1. The minimum Gasteiger partial charge on any atom is -0.375 e. The average molecular weight is 301 g/mol. The molecule has 116 valence electrons. The summed E-state index contributed by atoms with van der Waals surface area (Å²) in [6, 6.07) is 9.68. The molecule has 0 spiro atoms. The first-order valence-electron chi connectivity index (χ1n) is 7.42. The van der Waals surface area contributed by atoms with E-state index >= 15 is 0 Å². The van der Waals surface area contributed by atoms with Gasteiger partial charge in [-0.25, -0.2) is 0 Å². The van der Waals surface area contributed by atoms with Gasteiger partial charge >= 0.3 is 0 Å². The molecule has 6 nitrogen and oxygen atoms in total. The van der Waals surface area contributed by atoms with Gasteiger partial charge in [-0.2, -0.15) is 4.98 Å². The number of carbonyl (C=O) groups excluding carboxylic acids is 1. The van der Waals surface area contributed by atoms with Gasteiger partial charge in [0.05, 0.1) is 12.5 Å². The van der Waals surface area contributed by atoms with Crippen LogP contribution in [0.5, 0.6) is 0 Å². The second-order valence-electron chi connectivity index (χ2n) is 5.39. The van der Waals surface area contributed by atoms with Crippen LogP contribution >= 0.6 is 0 Å². The molecule has 0 radical (unpaired) electrons. The highest BCUT2D eigenvalue weighted by molar-refractivity contribution is 5.79. The predicted octanol–water partition coefficient (Wildman–Crippen LogP) is 2.12. The Bertz CT molecular complexity index is 627. The Morgan fingerprint density at radius 1 is 1.41 bits per heavy atom. The third kappa shape index (κ3) is 3.17.